The third-order valence-electron chi connectivity index (χ3n) is 1.42. The van der Waals surface area contributed by atoms with Gasteiger partial charge in [0.2, 0.25) is 0 Å². The molecule has 0 aliphatic rings. The van der Waals surface area contributed by atoms with Crippen LogP contribution in [0.2, 0.25) is 0 Å². The summed E-state index contributed by atoms with van der Waals surface area (Å²) >= 11 is 0. The first-order chi connectivity index (χ1) is 5.79. The molecule has 0 unspecified atom stereocenters. The highest BCUT2D eigenvalue weighted by atomic mass is 16.7. The molecule has 0 aliphatic carbocycles. The number of benzene rings is 1. The largest absolute Gasteiger partial charge is 0.352 e. The second kappa shape index (κ2) is 4.11. The molecule has 0 aliphatic heterocycles. The fourth-order valence-electron chi connectivity index (χ4n) is 0.904. The van der Waals surface area contributed by atoms with Crippen LogP contribution in [0.4, 0.5) is 0 Å². The third kappa shape index (κ3) is 2.03. The highest BCUT2D eigenvalue weighted by molar-refractivity contribution is 5.15. The monoisotopic (exact) mass is 153 g/mol. The van der Waals surface area contributed by atoms with E-state index in [-0.39, 0.29) is 0 Å². The minimum atomic E-state index is -0.432. The SMILES string of the molecule is [2H]c1ccccc1C(OC)OC. The van der Waals surface area contributed by atoms with Gasteiger partial charge in [-0.1, -0.05) is 30.3 Å². The van der Waals surface area contributed by atoms with Crippen LogP contribution in [0.1, 0.15) is 13.2 Å². The van der Waals surface area contributed by atoms with Gasteiger partial charge in [-0.3, -0.25) is 0 Å². The van der Waals surface area contributed by atoms with Gasteiger partial charge in [0.25, 0.3) is 0 Å². The van der Waals surface area contributed by atoms with Crippen molar-refractivity contribution < 1.29 is 10.8 Å². The smallest absolute Gasteiger partial charge is 0.183 e. The standard InChI is InChI=1S/C9H12O2/c1-10-9(11-2)8-6-4-3-5-7-8/h3-7,9H,1-2H3/i6D. The lowest BCUT2D eigenvalue weighted by Crippen LogP contribution is -2.02. The summed E-state index contributed by atoms with van der Waals surface area (Å²) in [5.74, 6) is 0. The first kappa shape index (κ1) is 6.83. The zero-order chi connectivity index (χ0) is 8.97. The summed E-state index contributed by atoms with van der Waals surface area (Å²) in [6.07, 6.45) is -0.432. The van der Waals surface area contributed by atoms with Gasteiger partial charge in [-0.15, -0.1) is 0 Å². The van der Waals surface area contributed by atoms with Crippen molar-refractivity contribution in [2.45, 2.75) is 6.29 Å². The number of ether oxygens (including phenoxy) is 2. The molecular formula is C9H12O2. The van der Waals surface area contributed by atoms with E-state index < -0.39 is 6.29 Å². The normalized spacial score (nSPS) is 11.7. The van der Waals surface area contributed by atoms with Crippen molar-refractivity contribution in [1.29, 1.82) is 0 Å². The van der Waals surface area contributed by atoms with Gasteiger partial charge in [-0.25, -0.2) is 0 Å². The van der Waals surface area contributed by atoms with Crippen molar-refractivity contribution in [3.63, 3.8) is 0 Å². The quantitative estimate of drug-likeness (QED) is 0.618. The molecule has 0 N–H and O–H groups in total. The molecule has 60 valence electrons. The Bertz CT molecular complexity index is 246. The number of hydrogen-bond acceptors (Lipinski definition) is 2. The topological polar surface area (TPSA) is 18.5 Å². The van der Waals surface area contributed by atoms with Gasteiger partial charge in [0.1, 0.15) is 0 Å². The lowest BCUT2D eigenvalue weighted by atomic mass is 10.2. The fraction of sp³-hybridized carbons (Fsp3) is 0.333. The third-order valence-corrected chi connectivity index (χ3v) is 1.42. The molecule has 11 heavy (non-hydrogen) atoms. The Morgan fingerprint density at radius 1 is 1.27 bits per heavy atom. The molecule has 1 aromatic carbocycles. The van der Waals surface area contributed by atoms with E-state index in [1.807, 2.05) is 18.2 Å². The van der Waals surface area contributed by atoms with Crippen LogP contribution in [0.5, 0.6) is 0 Å². The average Bonchev–Trinajstić information content (AvgIpc) is 2.10. The second-order valence-corrected chi connectivity index (χ2v) is 2.12. The maximum absolute atomic E-state index is 7.55. The van der Waals surface area contributed by atoms with E-state index in [0.29, 0.717) is 6.04 Å². The van der Waals surface area contributed by atoms with Crippen LogP contribution in [-0.2, 0) is 9.47 Å². The summed E-state index contributed by atoms with van der Waals surface area (Å²) < 4.78 is 17.6. The predicted octanol–water partition coefficient (Wildman–Crippen LogP) is 1.98. The van der Waals surface area contributed by atoms with Crippen LogP contribution in [0.15, 0.2) is 30.3 Å². The van der Waals surface area contributed by atoms with E-state index in [1.165, 1.54) is 0 Å². The van der Waals surface area contributed by atoms with Crippen LogP contribution in [0.3, 0.4) is 0 Å². The van der Waals surface area contributed by atoms with Crippen molar-refractivity contribution in [2.24, 2.45) is 0 Å². The van der Waals surface area contributed by atoms with Gasteiger partial charge in [0, 0.05) is 19.8 Å². The van der Waals surface area contributed by atoms with Crippen molar-refractivity contribution in [1.82, 2.24) is 0 Å². The summed E-state index contributed by atoms with van der Waals surface area (Å²) in [5.41, 5.74) is 0.752. The highest BCUT2D eigenvalue weighted by Gasteiger charge is 2.05. The van der Waals surface area contributed by atoms with Gasteiger partial charge < -0.3 is 9.47 Å². The van der Waals surface area contributed by atoms with Gasteiger partial charge >= 0.3 is 0 Å². The van der Waals surface area contributed by atoms with Crippen molar-refractivity contribution >= 4 is 0 Å². The van der Waals surface area contributed by atoms with Crippen LogP contribution < -0.4 is 0 Å². The average molecular weight is 153 g/mol. The molecule has 0 aromatic heterocycles. The number of hydrogen-bond donors (Lipinski definition) is 0. The molecule has 0 fully saturated rings. The van der Waals surface area contributed by atoms with Gasteiger partial charge in [0.15, 0.2) is 6.29 Å². The Morgan fingerprint density at radius 3 is 2.55 bits per heavy atom. The first-order valence-electron chi connectivity index (χ1n) is 3.90. The Labute approximate surface area is 68.2 Å². The summed E-state index contributed by atoms with van der Waals surface area (Å²) in [6.45, 7) is 0. The fourth-order valence-corrected chi connectivity index (χ4v) is 0.904. The molecule has 1 rings (SSSR count). The zero-order valence-electron chi connectivity index (χ0n) is 7.70. The van der Waals surface area contributed by atoms with E-state index in [4.69, 9.17) is 10.8 Å². The van der Waals surface area contributed by atoms with E-state index in [1.54, 1.807) is 20.3 Å². The zero-order valence-corrected chi connectivity index (χ0v) is 6.70. The lowest BCUT2D eigenvalue weighted by Gasteiger charge is -2.12. The minimum Gasteiger partial charge on any atom is -0.352 e. The van der Waals surface area contributed by atoms with Crippen LogP contribution in [-0.4, -0.2) is 14.2 Å². The summed E-state index contributed by atoms with van der Waals surface area (Å²) in [5, 5.41) is 0. The van der Waals surface area contributed by atoms with E-state index in [0.717, 1.165) is 5.56 Å². The van der Waals surface area contributed by atoms with E-state index in [9.17, 15) is 0 Å². The predicted molar refractivity (Wildman–Crippen MR) is 43.2 cm³/mol. The first-order valence-corrected chi connectivity index (χ1v) is 3.40. The Morgan fingerprint density at radius 2 is 2.00 bits per heavy atom. The molecule has 0 atom stereocenters. The molecule has 0 heterocycles. The van der Waals surface area contributed by atoms with Crippen molar-refractivity contribution in [3.8, 4) is 0 Å². The number of methoxy groups -OCH3 is 2. The summed E-state index contributed by atoms with van der Waals surface area (Å²) in [7, 11) is 3.11. The van der Waals surface area contributed by atoms with Gasteiger partial charge in [0.05, 0.1) is 1.37 Å². The Hall–Kier alpha value is -0.860. The van der Waals surface area contributed by atoms with Crippen LogP contribution in [0.25, 0.3) is 0 Å². The summed E-state index contributed by atoms with van der Waals surface area (Å²) in [4.78, 5) is 0. The minimum absolute atomic E-state index is 0.432. The van der Waals surface area contributed by atoms with Gasteiger partial charge in [-0.05, 0) is 0 Å². The maximum atomic E-state index is 7.55. The lowest BCUT2D eigenvalue weighted by molar-refractivity contribution is -0.106. The van der Waals surface area contributed by atoms with E-state index in [2.05, 4.69) is 0 Å². The molecule has 2 nitrogen and oxygen atoms in total. The molecule has 0 saturated carbocycles. The van der Waals surface area contributed by atoms with E-state index >= 15 is 0 Å². The van der Waals surface area contributed by atoms with Crippen LogP contribution in [0, 0.1) is 0 Å². The molecule has 0 saturated heterocycles. The Balaban J connectivity index is 2.92. The molecule has 0 radical (unpaired) electrons. The summed E-state index contributed by atoms with van der Waals surface area (Å²) in [6, 6.07) is 7.64. The molecule has 0 bridgehead atoms. The molecule has 0 spiro atoms. The molecule has 2 heteroatoms. The van der Waals surface area contributed by atoms with Crippen LogP contribution >= 0.6 is 0 Å². The van der Waals surface area contributed by atoms with Crippen molar-refractivity contribution in [3.05, 3.63) is 35.9 Å². The molecule has 0 amide bonds. The number of rotatable bonds is 3. The highest BCUT2D eigenvalue weighted by Crippen LogP contribution is 2.15. The van der Waals surface area contributed by atoms with Crippen molar-refractivity contribution in [2.75, 3.05) is 14.2 Å². The molecule has 1 aromatic rings. The Kier molecular flexibility index (Phi) is 2.55. The maximum Gasteiger partial charge on any atom is 0.183 e. The van der Waals surface area contributed by atoms with Gasteiger partial charge in [-0.2, -0.15) is 0 Å². The second-order valence-electron chi connectivity index (χ2n) is 2.12. The molecular weight excluding hydrogens is 140 g/mol.